The zero-order chi connectivity index (χ0) is 16.7. The summed E-state index contributed by atoms with van der Waals surface area (Å²) in [4.78, 5) is 17.3. The molecule has 1 N–H and O–H groups in total. The van der Waals surface area contributed by atoms with Gasteiger partial charge in [0.2, 0.25) is 5.95 Å². The van der Waals surface area contributed by atoms with Gasteiger partial charge in [0.1, 0.15) is 0 Å². The molecule has 7 heteroatoms. The van der Waals surface area contributed by atoms with Crippen LogP contribution in [0.1, 0.15) is 33.1 Å². The summed E-state index contributed by atoms with van der Waals surface area (Å²) < 4.78 is 1.79. The number of urea groups is 1. The third-order valence-electron chi connectivity index (χ3n) is 5.26. The van der Waals surface area contributed by atoms with Crippen LogP contribution in [0.4, 0.5) is 10.7 Å². The monoisotopic (exact) mass is 328 g/mol. The van der Waals surface area contributed by atoms with Gasteiger partial charge in [0.25, 0.3) is 0 Å². The van der Waals surface area contributed by atoms with Gasteiger partial charge in [-0.1, -0.05) is 6.07 Å². The van der Waals surface area contributed by atoms with Crippen molar-refractivity contribution in [3.05, 3.63) is 24.4 Å². The molecular weight excluding hydrogens is 304 g/mol. The molecule has 0 aromatic carbocycles. The highest BCUT2D eigenvalue weighted by molar-refractivity contribution is 5.88. The Morgan fingerprint density at radius 2 is 2.04 bits per heavy atom. The topological polar surface area (TPSA) is 65.8 Å². The van der Waals surface area contributed by atoms with Crippen LogP contribution in [0.15, 0.2) is 24.4 Å². The largest absolute Gasteiger partial charge is 0.324 e. The molecule has 2 aliphatic rings. The van der Waals surface area contributed by atoms with Crippen LogP contribution in [0.5, 0.6) is 0 Å². The van der Waals surface area contributed by atoms with Crippen LogP contribution in [0.2, 0.25) is 0 Å². The van der Waals surface area contributed by atoms with E-state index in [1.165, 1.54) is 12.8 Å². The van der Waals surface area contributed by atoms with Gasteiger partial charge in [-0.25, -0.2) is 4.79 Å². The van der Waals surface area contributed by atoms with E-state index in [9.17, 15) is 4.79 Å². The second-order valence-corrected chi connectivity index (χ2v) is 7.04. The van der Waals surface area contributed by atoms with Crippen molar-refractivity contribution in [3.63, 3.8) is 0 Å². The molecule has 0 radical (unpaired) electrons. The average Bonchev–Trinajstić information content (AvgIpc) is 3.08. The van der Waals surface area contributed by atoms with E-state index >= 15 is 0 Å². The molecule has 2 unspecified atom stereocenters. The van der Waals surface area contributed by atoms with Gasteiger partial charge < -0.3 is 4.90 Å². The molecule has 2 fully saturated rings. The zero-order valence-electron chi connectivity index (χ0n) is 14.2. The fraction of sp³-hybridized carbons (Fsp3) is 0.588. The lowest BCUT2D eigenvalue weighted by molar-refractivity contribution is 0.149. The zero-order valence-corrected chi connectivity index (χ0v) is 14.2. The minimum absolute atomic E-state index is 0.0793. The number of nitrogens with one attached hydrogen (secondary N) is 1. The Morgan fingerprint density at radius 1 is 1.21 bits per heavy atom. The summed E-state index contributed by atoms with van der Waals surface area (Å²) in [5.74, 6) is 0.478. The second-order valence-electron chi connectivity index (χ2n) is 7.04. The van der Waals surface area contributed by atoms with Gasteiger partial charge in [-0.3, -0.25) is 14.6 Å². The normalized spacial score (nSPS) is 24.5. The molecule has 7 nitrogen and oxygen atoms in total. The maximum Gasteiger partial charge on any atom is 0.324 e. The van der Waals surface area contributed by atoms with Crippen molar-refractivity contribution < 1.29 is 4.79 Å². The first-order chi connectivity index (χ1) is 11.6. The molecule has 0 aliphatic carbocycles. The van der Waals surface area contributed by atoms with Crippen molar-refractivity contribution in [3.8, 4) is 0 Å². The van der Waals surface area contributed by atoms with Gasteiger partial charge in [-0.15, -0.1) is 10.2 Å². The molecule has 0 saturated carbocycles. The van der Waals surface area contributed by atoms with Crippen molar-refractivity contribution in [1.29, 1.82) is 0 Å². The van der Waals surface area contributed by atoms with Crippen LogP contribution in [-0.2, 0) is 0 Å². The van der Waals surface area contributed by atoms with Crippen molar-refractivity contribution in [2.24, 2.45) is 0 Å². The van der Waals surface area contributed by atoms with Gasteiger partial charge in [-0.2, -0.15) is 0 Å². The molecule has 128 valence electrons. The Kier molecular flexibility index (Phi) is 3.88. The van der Waals surface area contributed by atoms with Gasteiger partial charge in [-0.05, 0) is 45.2 Å². The molecule has 2 aliphatic heterocycles. The number of aromatic nitrogens is 3. The number of likely N-dealkylation sites (tertiary alicyclic amines) is 1. The highest BCUT2D eigenvalue weighted by Crippen LogP contribution is 2.32. The predicted molar refractivity (Wildman–Crippen MR) is 92.0 cm³/mol. The van der Waals surface area contributed by atoms with E-state index in [1.807, 2.05) is 29.3 Å². The van der Waals surface area contributed by atoms with Crippen LogP contribution in [0.25, 0.3) is 5.65 Å². The summed E-state index contributed by atoms with van der Waals surface area (Å²) in [6.45, 7) is 6.09. The number of anilines is 1. The van der Waals surface area contributed by atoms with E-state index in [4.69, 9.17) is 0 Å². The number of pyridine rings is 1. The highest BCUT2D eigenvalue weighted by atomic mass is 16.2. The molecule has 2 amide bonds. The summed E-state index contributed by atoms with van der Waals surface area (Å²) in [6, 6.07) is 7.21. The molecule has 0 spiro atoms. The maximum absolute atomic E-state index is 12.7. The number of hydrogen-bond donors (Lipinski definition) is 1. The quantitative estimate of drug-likeness (QED) is 0.918. The summed E-state index contributed by atoms with van der Waals surface area (Å²) in [7, 11) is 0. The number of carbonyl (C=O) groups excluding carboxylic acids is 1. The molecule has 4 heterocycles. The van der Waals surface area contributed by atoms with Gasteiger partial charge in [0.15, 0.2) is 5.65 Å². The number of nitrogens with zero attached hydrogens (tertiary/aromatic N) is 5. The summed E-state index contributed by atoms with van der Waals surface area (Å²) >= 11 is 0. The maximum atomic E-state index is 12.7. The van der Waals surface area contributed by atoms with Crippen molar-refractivity contribution >= 4 is 17.6 Å². The highest BCUT2D eigenvalue weighted by Gasteiger charge is 2.39. The molecular formula is C17H24N6O. The Labute approximate surface area is 141 Å². The fourth-order valence-electron chi connectivity index (χ4n) is 4.24. The third kappa shape index (κ3) is 2.62. The Bertz CT molecular complexity index is 742. The van der Waals surface area contributed by atoms with Crippen LogP contribution in [0.3, 0.4) is 0 Å². The van der Waals surface area contributed by atoms with Crippen molar-refractivity contribution in [2.75, 3.05) is 18.4 Å². The molecule has 2 atom stereocenters. The lowest BCUT2D eigenvalue weighted by Crippen LogP contribution is -2.45. The number of amides is 2. The molecule has 24 heavy (non-hydrogen) atoms. The van der Waals surface area contributed by atoms with Crippen molar-refractivity contribution in [2.45, 2.75) is 51.2 Å². The van der Waals surface area contributed by atoms with E-state index < -0.39 is 0 Å². The summed E-state index contributed by atoms with van der Waals surface area (Å²) in [5.41, 5.74) is 0.730. The van der Waals surface area contributed by atoms with E-state index in [0.29, 0.717) is 24.1 Å². The fourth-order valence-corrected chi connectivity index (χ4v) is 4.24. The smallest absolute Gasteiger partial charge is 0.323 e. The Hall–Kier alpha value is -2.15. The first kappa shape index (κ1) is 15.4. The molecule has 4 rings (SSSR count). The summed E-state index contributed by atoms with van der Waals surface area (Å²) in [6.07, 6.45) is 5.34. The lowest BCUT2D eigenvalue weighted by atomic mass is 10.1. The van der Waals surface area contributed by atoms with E-state index in [-0.39, 0.29) is 6.03 Å². The predicted octanol–water partition coefficient (Wildman–Crippen LogP) is 2.21. The van der Waals surface area contributed by atoms with E-state index in [2.05, 4.69) is 34.3 Å². The number of carbonyl (C=O) groups is 1. The number of rotatable bonds is 2. The third-order valence-corrected chi connectivity index (χ3v) is 5.26. The second kappa shape index (κ2) is 6.05. The lowest BCUT2D eigenvalue weighted by Gasteiger charge is -2.32. The minimum atomic E-state index is -0.0793. The van der Waals surface area contributed by atoms with Crippen molar-refractivity contribution in [1.82, 2.24) is 24.4 Å². The SMILES string of the molecule is CC(C)N1C2CCC1CN(C(=O)Nc1nnc3ccccn13)CC2. The minimum Gasteiger partial charge on any atom is -0.323 e. The van der Waals surface area contributed by atoms with E-state index in [0.717, 1.165) is 25.2 Å². The average molecular weight is 328 g/mol. The summed E-state index contributed by atoms with van der Waals surface area (Å²) in [5, 5.41) is 11.1. The Balaban J connectivity index is 1.49. The van der Waals surface area contributed by atoms with E-state index in [1.54, 1.807) is 4.40 Å². The molecule has 2 aromatic rings. The first-order valence-corrected chi connectivity index (χ1v) is 8.76. The van der Waals surface area contributed by atoms with Crippen LogP contribution >= 0.6 is 0 Å². The first-order valence-electron chi connectivity index (χ1n) is 8.76. The number of fused-ring (bicyclic) bond motifs is 3. The number of hydrogen-bond acceptors (Lipinski definition) is 4. The van der Waals surface area contributed by atoms with Crippen LogP contribution < -0.4 is 5.32 Å². The molecule has 2 bridgehead atoms. The van der Waals surface area contributed by atoms with Crippen LogP contribution in [0, 0.1) is 0 Å². The molecule has 2 saturated heterocycles. The van der Waals surface area contributed by atoms with Gasteiger partial charge in [0, 0.05) is 37.4 Å². The van der Waals surface area contributed by atoms with Gasteiger partial charge in [0.05, 0.1) is 0 Å². The van der Waals surface area contributed by atoms with Gasteiger partial charge >= 0.3 is 6.03 Å². The Morgan fingerprint density at radius 3 is 2.88 bits per heavy atom. The molecule has 2 aromatic heterocycles. The standard InChI is InChI=1S/C17H24N6O/c1-12(2)23-13-6-7-14(23)11-21(10-8-13)17(24)18-16-20-19-15-5-3-4-9-22(15)16/h3-5,9,12-14H,6-8,10-11H2,1-2H3,(H,18,20,24). The van der Waals surface area contributed by atoms with Crippen LogP contribution in [-0.4, -0.2) is 61.6 Å².